The zero-order chi connectivity index (χ0) is 35.0. The number of esters is 4. The summed E-state index contributed by atoms with van der Waals surface area (Å²) in [6.07, 6.45) is -1.91. The van der Waals surface area contributed by atoms with Crippen LogP contribution < -0.4 is 21.7 Å². The van der Waals surface area contributed by atoms with Crippen LogP contribution in [0.2, 0.25) is 0 Å². The summed E-state index contributed by atoms with van der Waals surface area (Å²) < 4.78 is 19.1. The van der Waals surface area contributed by atoms with Gasteiger partial charge in [0, 0.05) is 53.6 Å². The van der Waals surface area contributed by atoms with E-state index in [-0.39, 0.29) is 18.5 Å². The minimum absolute atomic E-state index is 0.250. The van der Waals surface area contributed by atoms with Crippen LogP contribution in [0.3, 0.4) is 0 Å². The summed E-state index contributed by atoms with van der Waals surface area (Å²) in [5.74, 6) is -5.93. The Morgan fingerprint density at radius 2 is 1.11 bits per heavy atom. The second kappa shape index (κ2) is 19.8. The molecule has 0 aromatic rings. The van der Waals surface area contributed by atoms with Crippen molar-refractivity contribution in [3.63, 3.8) is 0 Å². The zero-order valence-electron chi connectivity index (χ0n) is 25.8. The Kier molecular flexibility index (Phi) is 17.9. The largest absolute Gasteiger partial charge is 0.480 e. The van der Waals surface area contributed by atoms with Gasteiger partial charge in [0.1, 0.15) is 36.5 Å². The molecule has 0 spiro atoms. The van der Waals surface area contributed by atoms with E-state index in [1.807, 2.05) is 0 Å². The van der Waals surface area contributed by atoms with E-state index in [0.29, 0.717) is 19.5 Å². The molecule has 2 rings (SSSR count). The van der Waals surface area contributed by atoms with Crippen LogP contribution in [0, 0.1) is 0 Å². The Balaban J connectivity index is 0.000000710. The van der Waals surface area contributed by atoms with Crippen LogP contribution in [0.4, 0.5) is 0 Å². The fourth-order valence-electron chi connectivity index (χ4n) is 3.94. The van der Waals surface area contributed by atoms with E-state index < -0.39 is 84.2 Å². The molecule has 8 N–H and O–H groups in total. The molecule has 0 radical (unpaired) electrons. The maximum Gasteiger partial charge on any atom is 0.330 e. The third-order valence-corrected chi connectivity index (χ3v) is 5.99. The molecule has 1 amide bonds. The molecule has 2 fully saturated rings. The van der Waals surface area contributed by atoms with Crippen molar-refractivity contribution in [2.45, 2.75) is 103 Å². The normalized spacial score (nSPS) is 22.6. The third kappa shape index (κ3) is 16.9. The third-order valence-electron chi connectivity index (χ3n) is 5.99. The highest BCUT2D eigenvalue weighted by Gasteiger charge is 2.36. The number of nitrogens with two attached hydrogens (primary N) is 1. The van der Waals surface area contributed by atoms with Gasteiger partial charge >= 0.3 is 41.8 Å². The van der Waals surface area contributed by atoms with Crippen molar-refractivity contribution >= 4 is 47.7 Å². The monoisotopic (exact) mass is 650 g/mol. The van der Waals surface area contributed by atoms with Gasteiger partial charge in [0.2, 0.25) is 5.91 Å². The first kappa shape index (κ1) is 40.6. The zero-order valence-corrected chi connectivity index (χ0v) is 25.8. The Labute approximate surface area is 258 Å². The van der Waals surface area contributed by atoms with Gasteiger partial charge in [-0.05, 0) is 13.8 Å². The number of hydrogen-bond acceptors (Lipinski definition) is 15. The standard InChI is InChI=1S/C13H20N2O7.C7H11NO4.C6H11NO4/c1-6(21-7(2)16)11(13(19)20)15-12(18)10-4-9(5-14-10)22-8(3)17;1-4(9)12-5-2-6(7(10)11)8-3-5;1-3(11-4(2)8)5(7)6(9)10/h6,9-11,14H,4-5H2,1-3H3,(H,15,18)(H,19,20);5-6,8H,2-3H2,1H3,(H,10,11);3,5H,7H2,1-2H3,(H,9,10)/t6-,9+,10+,11+;5-,6-;3-,5+/m101/s1. The molecule has 2 heterocycles. The van der Waals surface area contributed by atoms with Crippen LogP contribution in [0.15, 0.2) is 0 Å². The molecular weight excluding hydrogens is 608 g/mol. The minimum Gasteiger partial charge on any atom is -0.480 e. The number of amides is 1. The van der Waals surface area contributed by atoms with E-state index in [2.05, 4.69) is 20.7 Å². The van der Waals surface area contributed by atoms with Crippen molar-refractivity contribution in [3.8, 4) is 0 Å². The van der Waals surface area contributed by atoms with Crippen LogP contribution in [0.1, 0.15) is 54.4 Å². The number of hydrogen-bond donors (Lipinski definition) is 7. The Hall–Kier alpha value is -4.36. The molecule has 0 bridgehead atoms. The second-order valence-electron chi connectivity index (χ2n) is 10.0. The first-order valence-electron chi connectivity index (χ1n) is 13.6. The van der Waals surface area contributed by atoms with Gasteiger partial charge in [0.15, 0.2) is 6.04 Å². The molecule has 2 aliphatic heterocycles. The summed E-state index contributed by atoms with van der Waals surface area (Å²) in [5, 5.41) is 33.9. The summed E-state index contributed by atoms with van der Waals surface area (Å²) in [6.45, 7) is 8.49. The lowest BCUT2D eigenvalue weighted by atomic mass is 10.1. The lowest BCUT2D eigenvalue weighted by Gasteiger charge is -2.22. The van der Waals surface area contributed by atoms with E-state index in [9.17, 15) is 38.4 Å². The number of carboxylic acid groups (broad SMARTS) is 3. The van der Waals surface area contributed by atoms with Gasteiger partial charge in [-0.2, -0.15) is 0 Å². The van der Waals surface area contributed by atoms with Gasteiger partial charge in [-0.3, -0.25) is 33.6 Å². The summed E-state index contributed by atoms with van der Waals surface area (Å²) in [7, 11) is 0. The van der Waals surface area contributed by atoms with Gasteiger partial charge in [0.25, 0.3) is 0 Å². The fraction of sp³-hybridized carbons (Fsp3) is 0.692. The van der Waals surface area contributed by atoms with Crippen LogP contribution in [0.5, 0.6) is 0 Å². The van der Waals surface area contributed by atoms with Crippen LogP contribution >= 0.6 is 0 Å². The van der Waals surface area contributed by atoms with Gasteiger partial charge in [-0.1, -0.05) is 0 Å². The molecule has 19 heteroatoms. The molecule has 0 saturated carbocycles. The number of carbonyl (C=O) groups excluding carboxylic acids is 5. The number of carboxylic acids is 3. The first-order valence-corrected chi connectivity index (χ1v) is 13.6. The predicted molar refractivity (Wildman–Crippen MR) is 149 cm³/mol. The highest BCUT2D eigenvalue weighted by Crippen LogP contribution is 2.12. The molecule has 0 aromatic heterocycles. The van der Waals surface area contributed by atoms with Crippen molar-refractivity contribution in [3.05, 3.63) is 0 Å². The first-order chi connectivity index (χ1) is 20.7. The molecule has 2 saturated heterocycles. The maximum absolute atomic E-state index is 12.1. The molecule has 2 aliphatic rings. The smallest absolute Gasteiger partial charge is 0.330 e. The Morgan fingerprint density at radius 3 is 1.47 bits per heavy atom. The van der Waals surface area contributed by atoms with Crippen molar-refractivity contribution in [2.24, 2.45) is 5.73 Å². The average Bonchev–Trinajstić information content (AvgIpc) is 3.55. The minimum atomic E-state index is -1.36. The van der Waals surface area contributed by atoms with E-state index >= 15 is 0 Å². The predicted octanol–water partition coefficient (Wildman–Crippen LogP) is -2.48. The number of nitrogens with one attached hydrogen (secondary N) is 3. The van der Waals surface area contributed by atoms with Crippen molar-refractivity contribution < 1.29 is 72.6 Å². The van der Waals surface area contributed by atoms with Gasteiger partial charge in [-0.25, -0.2) is 4.79 Å². The van der Waals surface area contributed by atoms with Crippen molar-refractivity contribution in [1.82, 2.24) is 16.0 Å². The quantitative estimate of drug-likeness (QED) is 0.0899. The summed E-state index contributed by atoms with van der Waals surface area (Å²) in [6, 6.07) is -3.75. The van der Waals surface area contributed by atoms with E-state index in [1.165, 1.54) is 34.6 Å². The molecule has 8 atom stereocenters. The van der Waals surface area contributed by atoms with E-state index in [4.69, 9.17) is 35.3 Å². The lowest BCUT2D eigenvalue weighted by Crippen LogP contribution is -2.53. The van der Waals surface area contributed by atoms with Crippen molar-refractivity contribution in [2.75, 3.05) is 13.1 Å². The highest BCUT2D eigenvalue weighted by atomic mass is 16.6. The van der Waals surface area contributed by atoms with Crippen LogP contribution in [0.25, 0.3) is 0 Å². The number of rotatable bonds is 11. The van der Waals surface area contributed by atoms with E-state index in [0.717, 1.165) is 6.92 Å². The Morgan fingerprint density at radius 1 is 0.689 bits per heavy atom. The lowest BCUT2D eigenvalue weighted by molar-refractivity contribution is -0.155. The maximum atomic E-state index is 12.1. The number of ether oxygens (including phenoxy) is 4. The van der Waals surface area contributed by atoms with E-state index in [1.54, 1.807) is 0 Å². The molecule has 256 valence electrons. The van der Waals surface area contributed by atoms with Crippen LogP contribution in [-0.4, -0.2) is 125 Å². The molecule has 0 unspecified atom stereocenters. The molecule has 0 aliphatic carbocycles. The van der Waals surface area contributed by atoms with Crippen LogP contribution in [-0.2, 0) is 57.3 Å². The summed E-state index contributed by atoms with van der Waals surface area (Å²) in [4.78, 5) is 86.4. The molecular formula is C26H42N4O15. The van der Waals surface area contributed by atoms with Gasteiger partial charge in [0.05, 0.1) is 6.04 Å². The topological polar surface area (TPSA) is 296 Å². The highest BCUT2D eigenvalue weighted by molar-refractivity contribution is 5.87. The fourth-order valence-corrected chi connectivity index (χ4v) is 3.94. The number of carbonyl (C=O) groups is 8. The summed E-state index contributed by atoms with van der Waals surface area (Å²) in [5.41, 5.74) is 5.13. The average molecular weight is 651 g/mol. The molecule has 19 nitrogen and oxygen atoms in total. The Bertz CT molecular complexity index is 1080. The van der Waals surface area contributed by atoms with Crippen molar-refractivity contribution in [1.29, 1.82) is 0 Å². The summed E-state index contributed by atoms with van der Waals surface area (Å²) >= 11 is 0. The van der Waals surface area contributed by atoms with Gasteiger partial charge in [-0.15, -0.1) is 0 Å². The van der Waals surface area contributed by atoms with Gasteiger partial charge < -0.3 is 56.0 Å². The number of aliphatic carboxylic acids is 3. The molecule has 0 aromatic carbocycles. The molecule has 45 heavy (non-hydrogen) atoms. The SMILES string of the molecule is CC(=O)O[C@@H]1CN[C@H](C(=O)N[C@H](C(=O)O)[C@@H](C)OC(C)=O)C1.CC(=O)O[C@@H]1CN[C@H](C(=O)O)C1.CC(=O)O[C@H](C)[C@H](N)C(=O)O. The second-order valence-corrected chi connectivity index (χ2v) is 10.0.